The highest BCUT2D eigenvalue weighted by atomic mass is 19.1. The lowest BCUT2D eigenvalue weighted by Gasteiger charge is -2.15. The van der Waals surface area contributed by atoms with Gasteiger partial charge < -0.3 is 10.1 Å². The summed E-state index contributed by atoms with van der Waals surface area (Å²) in [7, 11) is 0. The maximum Gasteiger partial charge on any atom is 0.341 e. The Balaban J connectivity index is 2.65. The van der Waals surface area contributed by atoms with Crippen LogP contribution in [0.5, 0.6) is 0 Å². The predicted octanol–water partition coefficient (Wildman–Crippen LogP) is 1.90. The highest BCUT2D eigenvalue weighted by Gasteiger charge is 2.20. The van der Waals surface area contributed by atoms with E-state index in [0.29, 0.717) is 0 Å². The van der Waals surface area contributed by atoms with E-state index in [9.17, 15) is 14.0 Å². The largest absolute Gasteiger partial charge is 0.449 e. The van der Waals surface area contributed by atoms with Gasteiger partial charge in [-0.05, 0) is 32.9 Å². The summed E-state index contributed by atoms with van der Waals surface area (Å²) in [6.07, 6.45) is -0.959. The molecule has 0 aromatic heterocycles. The third kappa shape index (κ3) is 3.84. The molecule has 98 valence electrons. The second-order valence-corrected chi connectivity index (χ2v) is 4.19. The average molecular weight is 253 g/mol. The zero-order valence-corrected chi connectivity index (χ0v) is 10.6. The quantitative estimate of drug-likeness (QED) is 0.834. The van der Waals surface area contributed by atoms with E-state index in [2.05, 4.69) is 5.32 Å². The number of hydrogen-bond acceptors (Lipinski definition) is 3. The van der Waals surface area contributed by atoms with Gasteiger partial charge in [0.25, 0.3) is 5.91 Å². The van der Waals surface area contributed by atoms with Gasteiger partial charge in [0.1, 0.15) is 5.82 Å². The Morgan fingerprint density at radius 2 is 1.83 bits per heavy atom. The molecule has 4 nitrogen and oxygen atoms in total. The number of benzene rings is 1. The summed E-state index contributed by atoms with van der Waals surface area (Å²) in [5.74, 6) is -1.92. The van der Waals surface area contributed by atoms with Crippen LogP contribution in [0.25, 0.3) is 0 Å². The molecule has 0 saturated heterocycles. The van der Waals surface area contributed by atoms with Crippen molar-refractivity contribution in [1.82, 2.24) is 5.32 Å². The van der Waals surface area contributed by atoms with Crippen molar-refractivity contribution < 1.29 is 18.7 Å². The van der Waals surface area contributed by atoms with Gasteiger partial charge in [0.15, 0.2) is 6.10 Å². The number of esters is 1. The molecule has 0 aliphatic carbocycles. The van der Waals surface area contributed by atoms with Crippen molar-refractivity contribution in [3.63, 3.8) is 0 Å². The molecule has 1 atom stereocenters. The van der Waals surface area contributed by atoms with E-state index in [1.54, 1.807) is 13.8 Å². The number of nitrogens with one attached hydrogen (secondary N) is 1. The van der Waals surface area contributed by atoms with Gasteiger partial charge in [0, 0.05) is 6.04 Å². The molecule has 0 aliphatic rings. The molecular weight excluding hydrogens is 237 g/mol. The Morgan fingerprint density at radius 3 is 2.39 bits per heavy atom. The molecule has 0 heterocycles. The minimum Gasteiger partial charge on any atom is -0.449 e. The fourth-order valence-electron chi connectivity index (χ4n) is 1.31. The molecular formula is C13H16FNO3. The van der Waals surface area contributed by atoms with Crippen LogP contribution in [0.15, 0.2) is 24.3 Å². The van der Waals surface area contributed by atoms with Crippen molar-refractivity contribution in [3.8, 4) is 0 Å². The molecule has 1 N–H and O–H groups in total. The molecule has 0 spiro atoms. The molecule has 0 radical (unpaired) electrons. The number of halogens is 1. The molecule has 0 unspecified atom stereocenters. The van der Waals surface area contributed by atoms with E-state index in [4.69, 9.17) is 4.74 Å². The van der Waals surface area contributed by atoms with Crippen molar-refractivity contribution in [2.45, 2.75) is 32.9 Å². The molecule has 0 fully saturated rings. The molecule has 0 saturated carbocycles. The van der Waals surface area contributed by atoms with E-state index < -0.39 is 23.8 Å². The topological polar surface area (TPSA) is 55.4 Å². The van der Waals surface area contributed by atoms with E-state index in [1.807, 2.05) is 0 Å². The van der Waals surface area contributed by atoms with Crippen molar-refractivity contribution >= 4 is 11.9 Å². The first-order valence-corrected chi connectivity index (χ1v) is 5.67. The van der Waals surface area contributed by atoms with Gasteiger partial charge in [-0.1, -0.05) is 12.1 Å². The van der Waals surface area contributed by atoms with Crippen molar-refractivity contribution in [2.75, 3.05) is 0 Å². The fourth-order valence-corrected chi connectivity index (χ4v) is 1.31. The second kappa shape index (κ2) is 6.14. The number of carbonyl (C=O) groups is 2. The van der Waals surface area contributed by atoms with Gasteiger partial charge in [0.05, 0.1) is 5.56 Å². The van der Waals surface area contributed by atoms with Crippen LogP contribution in [0.2, 0.25) is 0 Å². The van der Waals surface area contributed by atoms with Crippen LogP contribution in [-0.2, 0) is 9.53 Å². The third-order valence-electron chi connectivity index (χ3n) is 2.18. The Hall–Kier alpha value is -1.91. The number of carbonyl (C=O) groups excluding carboxylic acids is 2. The minimum absolute atomic E-state index is 0.0490. The highest BCUT2D eigenvalue weighted by Crippen LogP contribution is 2.09. The summed E-state index contributed by atoms with van der Waals surface area (Å²) >= 11 is 0. The molecule has 0 bridgehead atoms. The Bertz CT molecular complexity index is 446. The lowest BCUT2D eigenvalue weighted by Crippen LogP contribution is -2.39. The molecule has 1 rings (SSSR count). The number of hydrogen-bond donors (Lipinski definition) is 1. The number of amides is 1. The van der Waals surface area contributed by atoms with Crippen LogP contribution in [-0.4, -0.2) is 24.0 Å². The van der Waals surface area contributed by atoms with E-state index in [-0.39, 0.29) is 11.6 Å². The van der Waals surface area contributed by atoms with E-state index in [0.717, 1.165) is 6.07 Å². The number of rotatable bonds is 4. The van der Waals surface area contributed by atoms with Gasteiger partial charge in [0.2, 0.25) is 0 Å². The van der Waals surface area contributed by atoms with Crippen molar-refractivity contribution in [1.29, 1.82) is 0 Å². The lowest BCUT2D eigenvalue weighted by molar-refractivity contribution is -0.129. The van der Waals surface area contributed by atoms with Crippen LogP contribution in [0, 0.1) is 5.82 Å². The third-order valence-corrected chi connectivity index (χ3v) is 2.18. The van der Waals surface area contributed by atoms with Crippen molar-refractivity contribution in [3.05, 3.63) is 35.6 Å². The van der Waals surface area contributed by atoms with Crippen LogP contribution in [0.4, 0.5) is 4.39 Å². The van der Waals surface area contributed by atoms with Gasteiger partial charge in [-0.3, -0.25) is 4.79 Å². The highest BCUT2D eigenvalue weighted by molar-refractivity contribution is 5.92. The van der Waals surface area contributed by atoms with Crippen LogP contribution >= 0.6 is 0 Å². The summed E-state index contributed by atoms with van der Waals surface area (Å²) in [5, 5.41) is 2.60. The van der Waals surface area contributed by atoms with E-state index in [1.165, 1.54) is 25.1 Å². The van der Waals surface area contributed by atoms with E-state index >= 15 is 0 Å². The van der Waals surface area contributed by atoms with Crippen LogP contribution in [0.3, 0.4) is 0 Å². The summed E-state index contributed by atoms with van der Waals surface area (Å²) < 4.78 is 18.2. The molecule has 1 aromatic carbocycles. The second-order valence-electron chi connectivity index (χ2n) is 4.19. The molecule has 0 aliphatic heterocycles. The first kappa shape index (κ1) is 14.2. The zero-order chi connectivity index (χ0) is 13.7. The molecule has 18 heavy (non-hydrogen) atoms. The lowest BCUT2D eigenvalue weighted by atomic mass is 10.2. The minimum atomic E-state index is -0.959. The fraction of sp³-hybridized carbons (Fsp3) is 0.385. The van der Waals surface area contributed by atoms with Crippen molar-refractivity contribution in [2.24, 2.45) is 0 Å². The van der Waals surface area contributed by atoms with Crippen LogP contribution in [0.1, 0.15) is 31.1 Å². The Labute approximate surface area is 105 Å². The smallest absolute Gasteiger partial charge is 0.341 e. The Kier molecular flexibility index (Phi) is 4.83. The normalized spacial score (nSPS) is 12.1. The first-order chi connectivity index (χ1) is 8.41. The SMILES string of the molecule is CC(C)NC(=O)[C@H](C)OC(=O)c1ccccc1F. The summed E-state index contributed by atoms with van der Waals surface area (Å²) in [6.45, 7) is 5.03. The van der Waals surface area contributed by atoms with Gasteiger partial charge in [-0.2, -0.15) is 0 Å². The zero-order valence-electron chi connectivity index (χ0n) is 10.6. The standard InChI is InChI=1S/C13H16FNO3/c1-8(2)15-12(16)9(3)18-13(17)10-6-4-5-7-11(10)14/h4-9H,1-3H3,(H,15,16)/t9-/m0/s1. The summed E-state index contributed by atoms with van der Waals surface area (Å²) in [4.78, 5) is 23.1. The first-order valence-electron chi connectivity index (χ1n) is 5.67. The summed E-state index contributed by atoms with van der Waals surface area (Å²) in [5.41, 5.74) is -0.179. The summed E-state index contributed by atoms with van der Waals surface area (Å²) in [6, 6.07) is 5.42. The molecule has 5 heteroatoms. The van der Waals surface area contributed by atoms with Gasteiger partial charge in [-0.15, -0.1) is 0 Å². The van der Waals surface area contributed by atoms with Crippen LogP contribution < -0.4 is 5.32 Å². The maximum absolute atomic E-state index is 13.3. The Morgan fingerprint density at radius 1 is 1.22 bits per heavy atom. The monoisotopic (exact) mass is 253 g/mol. The van der Waals surface area contributed by atoms with Gasteiger partial charge >= 0.3 is 5.97 Å². The molecule has 1 amide bonds. The maximum atomic E-state index is 13.3. The number of ether oxygens (including phenoxy) is 1. The average Bonchev–Trinajstić information content (AvgIpc) is 2.28. The predicted molar refractivity (Wildman–Crippen MR) is 64.6 cm³/mol. The molecule has 1 aromatic rings. The van der Waals surface area contributed by atoms with Gasteiger partial charge in [-0.25, -0.2) is 9.18 Å².